The number of nitrogens with one attached hydrogen (secondary N) is 1. The van der Waals surface area contributed by atoms with Gasteiger partial charge < -0.3 is 10.1 Å². The third-order valence-corrected chi connectivity index (χ3v) is 4.46. The molecule has 0 radical (unpaired) electrons. The van der Waals surface area contributed by atoms with Gasteiger partial charge in [0.2, 0.25) is 0 Å². The third kappa shape index (κ3) is 4.66. The van der Waals surface area contributed by atoms with Gasteiger partial charge in [-0.25, -0.2) is 0 Å². The molecule has 1 atom stereocenters. The van der Waals surface area contributed by atoms with Gasteiger partial charge in [-0.2, -0.15) is 0 Å². The first-order valence-corrected chi connectivity index (χ1v) is 8.28. The fourth-order valence-electron chi connectivity index (χ4n) is 2.11. The number of carbonyl (C=O) groups is 3. The largest absolute Gasteiger partial charge is 0.453 e. The highest BCUT2D eigenvalue weighted by Crippen LogP contribution is 2.22. The first-order valence-electron chi connectivity index (χ1n) is 7.47. The lowest BCUT2D eigenvalue weighted by atomic mass is 10.1. The molecule has 1 amide bonds. The smallest absolute Gasteiger partial charge is 0.307 e. The third-order valence-electron chi connectivity index (χ3n) is 3.50. The average molecular weight is 323 g/mol. The molecule has 6 heteroatoms. The molecule has 0 spiro atoms. The normalized spacial score (nSPS) is 15.2. The number of esters is 1. The Kier molecular flexibility index (Phi) is 5.34. The van der Waals surface area contributed by atoms with Gasteiger partial charge in [-0.1, -0.05) is 0 Å². The van der Waals surface area contributed by atoms with Crippen LogP contribution in [-0.2, 0) is 14.3 Å². The highest BCUT2D eigenvalue weighted by atomic mass is 32.1. The summed E-state index contributed by atoms with van der Waals surface area (Å²) in [6.07, 6.45) is 1.26. The lowest BCUT2D eigenvalue weighted by molar-refractivity contribution is -0.154. The Hall–Kier alpha value is -1.69. The fraction of sp³-hybridized carbons (Fsp3) is 0.562. The van der Waals surface area contributed by atoms with Gasteiger partial charge in [-0.3, -0.25) is 14.4 Å². The van der Waals surface area contributed by atoms with Crippen molar-refractivity contribution in [3.05, 3.63) is 21.4 Å². The van der Waals surface area contributed by atoms with Crippen LogP contribution in [0.2, 0.25) is 0 Å². The lowest BCUT2D eigenvalue weighted by Crippen LogP contribution is -2.37. The Labute approximate surface area is 134 Å². The maximum atomic E-state index is 12.1. The number of aryl methyl sites for hydroxylation is 2. The summed E-state index contributed by atoms with van der Waals surface area (Å²) in [7, 11) is 0. The lowest BCUT2D eigenvalue weighted by Gasteiger charge is -2.12. The fourth-order valence-corrected chi connectivity index (χ4v) is 3.06. The van der Waals surface area contributed by atoms with Crippen molar-refractivity contribution in [3.8, 4) is 0 Å². The van der Waals surface area contributed by atoms with E-state index in [0.29, 0.717) is 5.56 Å². The van der Waals surface area contributed by atoms with E-state index >= 15 is 0 Å². The van der Waals surface area contributed by atoms with Crippen molar-refractivity contribution in [2.45, 2.75) is 58.6 Å². The minimum Gasteiger partial charge on any atom is -0.453 e. The molecular weight excluding hydrogens is 302 g/mol. The van der Waals surface area contributed by atoms with Crippen molar-refractivity contribution >= 4 is 29.0 Å². The summed E-state index contributed by atoms with van der Waals surface area (Å²) >= 11 is 1.57. The van der Waals surface area contributed by atoms with E-state index < -0.39 is 12.1 Å². The van der Waals surface area contributed by atoms with Gasteiger partial charge in [0.05, 0.1) is 6.42 Å². The van der Waals surface area contributed by atoms with Crippen LogP contribution in [0.1, 0.15) is 52.7 Å². The second kappa shape index (κ2) is 7.05. The Balaban J connectivity index is 1.75. The minimum atomic E-state index is -0.812. The molecule has 0 aliphatic heterocycles. The van der Waals surface area contributed by atoms with E-state index in [9.17, 15) is 14.4 Å². The van der Waals surface area contributed by atoms with Crippen LogP contribution in [0.25, 0.3) is 0 Å². The zero-order valence-corrected chi connectivity index (χ0v) is 13.9. The Morgan fingerprint density at radius 1 is 1.32 bits per heavy atom. The molecule has 1 aliphatic rings. The van der Waals surface area contributed by atoms with E-state index in [-0.39, 0.29) is 30.6 Å². The average Bonchev–Trinajstić information content (AvgIpc) is 3.19. The Morgan fingerprint density at radius 3 is 2.55 bits per heavy atom. The zero-order valence-electron chi connectivity index (χ0n) is 13.1. The van der Waals surface area contributed by atoms with Crippen LogP contribution >= 0.6 is 11.3 Å². The quantitative estimate of drug-likeness (QED) is 0.618. The maximum absolute atomic E-state index is 12.1. The number of amides is 1. The SMILES string of the molecule is Cc1cc(C(=O)CCC(=O)OC(C)C(=O)NC2CC2)c(C)s1. The zero-order chi connectivity index (χ0) is 16.3. The van der Waals surface area contributed by atoms with Crippen LogP contribution < -0.4 is 5.32 Å². The van der Waals surface area contributed by atoms with E-state index in [4.69, 9.17) is 4.74 Å². The second-order valence-corrected chi connectivity index (χ2v) is 7.13. The summed E-state index contributed by atoms with van der Waals surface area (Å²) in [6.45, 7) is 5.39. The summed E-state index contributed by atoms with van der Waals surface area (Å²) in [5.74, 6) is -0.850. The summed E-state index contributed by atoms with van der Waals surface area (Å²) in [4.78, 5) is 37.5. The van der Waals surface area contributed by atoms with E-state index in [1.54, 1.807) is 18.3 Å². The topological polar surface area (TPSA) is 72.5 Å². The predicted octanol–water partition coefficient (Wildman–Crippen LogP) is 2.54. The highest BCUT2D eigenvalue weighted by Gasteiger charge is 2.27. The van der Waals surface area contributed by atoms with Gasteiger partial charge in [-0.05, 0) is 39.7 Å². The van der Waals surface area contributed by atoms with E-state index in [2.05, 4.69) is 5.32 Å². The molecule has 5 nitrogen and oxygen atoms in total. The first kappa shape index (κ1) is 16.7. The van der Waals surface area contributed by atoms with Gasteiger partial charge in [0.15, 0.2) is 11.9 Å². The molecule has 0 saturated heterocycles. The van der Waals surface area contributed by atoms with Gasteiger partial charge in [-0.15, -0.1) is 11.3 Å². The Bertz CT molecular complexity index is 589. The molecule has 2 rings (SSSR count). The number of hydrogen-bond acceptors (Lipinski definition) is 5. The Morgan fingerprint density at radius 2 is 2.00 bits per heavy atom. The predicted molar refractivity (Wildman–Crippen MR) is 84.1 cm³/mol. The van der Waals surface area contributed by atoms with Crippen LogP contribution in [0.4, 0.5) is 0 Å². The number of carbonyl (C=O) groups excluding carboxylic acids is 3. The number of Topliss-reactive ketones (excluding diaryl/α,β-unsaturated/α-hetero) is 1. The molecule has 1 unspecified atom stereocenters. The van der Waals surface area contributed by atoms with Gasteiger partial charge >= 0.3 is 5.97 Å². The van der Waals surface area contributed by atoms with Crippen LogP contribution in [0.15, 0.2) is 6.07 Å². The molecule has 1 saturated carbocycles. The minimum absolute atomic E-state index is 0.00574. The molecule has 1 aromatic heterocycles. The molecule has 1 fully saturated rings. The van der Waals surface area contributed by atoms with Crippen molar-refractivity contribution < 1.29 is 19.1 Å². The van der Waals surface area contributed by atoms with Crippen LogP contribution in [-0.4, -0.2) is 29.8 Å². The van der Waals surface area contributed by atoms with Crippen molar-refractivity contribution in [2.75, 3.05) is 0 Å². The van der Waals surface area contributed by atoms with Gasteiger partial charge in [0, 0.05) is 27.8 Å². The molecule has 1 N–H and O–H groups in total. The van der Waals surface area contributed by atoms with Crippen molar-refractivity contribution in [1.29, 1.82) is 0 Å². The monoisotopic (exact) mass is 323 g/mol. The van der Waals surface area contributed by atoms with E-state index in [0.717, 1.165) is 22.6 Å². The second-order valence-electron chi connectivity index (χ2n) is 5.67. The summed E-state index contributed by atoms with van der Waals surface area (Å²) < 4.78 is 5.06. The molecule has 120 valence electrons. The number of thiophene rings is 1. The first-order chi connectivity index (χ1) is 10.4. The van der Waals surface area contributed by atoms with E-state index in [1.165, 1.54) is 0 Å². The van der Waals surface area contributed by atoms with E-state index in [1.807, 2.05) is 19.9 Å². The molecule has 1 aromatic rings. The standard InChI is InChI=1S/C16H21NO4S/c1-9-8-13(11(3)22-9)14(18)6-7-15(19)21-10(2)16(20)17-12-4-5-12/h8,10,12H,4-7H2,1-3H3,(H,17,20). The van der Waals surface area contributed by atoms with Crippen LogP contribution in [0, 0.1) is 13.8 Å². The molecule has 1 aliphatic carbocycles. The maximum Gasteiger partial charge on any atom is 0.307 e. The summed E-state index contributed by atoms with van der Waals surface area (Å²) in [6, 6.07) is 2.08. The van der Waals surface area contributed by atoms with Crippen molar-refractivity contribution in [3.63, 3.8) is 0 Å². The number of ether oxygens (including phenoxy) is 1. The number of rotatable bonds is 7. The molecule has 0 bridgehead atoms. The molecule has 22 heavy (non-hydrogen) atoms. The van der Waals surface area contributed by atoms with Crippen LogP contribution in [0.3, 0.4) is 0 Å². The molecule has 0 aromatic carbocycles. The molecule has 1 heterocycles. The highest BCUT2D eigenvalue weighted by molar-refractivity contribution is 7.12. The number of hydrogen-bond donors (Lipinski definition) is 1. The van der Waals surface area contributed by atoms with Crippen molar-refractivity contribution in [1.82, 2.24) is 5.32 Å². The summed E-state index contributed by atoms with van der Waals surface area (Å²) in [5, 5.41) is 2.78. The van der Waals surface area contributed by atoms with Crippen LogP contribution in [0.5, 0.6) is 0 Å². The number of ketones is 1. The molecular formula is C16H21NO4S. The van der Waals surface area contributed by atoms with Crippen molar-refractivity contribution in [2.24, 2.45) is 0 Å². The summed E-state index contributed by atoms with van der Waals surface area (Å²) in [5.41, 5.74) is 0.676. The van der Waals surface area contributed by atoms with Gasteiger partial charge in [0.25, 0.3) is 5.91 Å². The van der Waals surface area contributed by atoms with Gasteiger partial charge in [0.1, 0.15) is 0 Å².